The van der Waals surface area contributed by atoms with E-state index in [1.807, 2.05) is 4.90 Å². The summed E-state index contributed by atoms with van der Waals surface area (Å²) < 4.78 is 26.7. The zero-order valence-electron chi connectivity index (χ0n) is 8.90. The highest BCUT2D eigenvalue weighted by molar-refractivity contribution is 5.92. The van der Waals surface area contributed by atoms with Crippen LogP contribution in [0.5, 0.6) is 0 Å². The fourth-order valence-corrected chi connectivity index (χ4v) is 2.09. The molecule has 0 saturated carbocycles. The van der Waals surface area contributed by atoms with Crippen molar-refractivity contribution in [1.82, 2.24) is 4.98 Å². The zero-order valence-corrected chi connectivity index (χ0v) is 8.90. The molecule has 0 aliphatic carbocycles. The van der Waals surface area contributed by atoms with E-state index in [2.05, 4.69) is 4.98 Å². The van der Waals surface area contributed by atoms with E-state index in [1.54, 1.807) is 6.07 Å². The molecule has 1 aromatic heterocycles. The number of halogens is 2. The zero-order chi connectivity index (χ0) is 12.0. The van der Waals surface area contributed by atoms with E-state index in [9.17, 15) is 13.9 Å². The molecule has 88 valence electrons. The van der Waals surface area contributed by atoms with Crippen molar-refractivity contribution in [2.75, 3.05) is 18.0 Å². The molecule has 2 aromatic rings. The van der Waals surface area contributed by atoms with Gasteiger partial charge in [-0.1, -0.05) is 0 Å². The summed E-state index contributed by atoms with van der Waals surface area (Å²) in [5.74, 6) is -1.28. The first-order chi connectivity index (χ1) is 8.15. The standard InChI is InChI=1S/C12H10F2N2O/c13-7-3-9-11(16-5-8(17)6-16)1-2-15-12(9)10(14)4-7/h1-4,8,17H,5-6H2. The van der Waals surface area contributed by atoms with Crippen LogP contribution in [-0.4, -0.2) is 29.3 Å². The van der Waals surface area contributed by atoms with Gasteiger partial charge in [0.1, 0.15) is 11.3 Å². The average molecular weight is 236 g/mol. The van der Waals surface area contributed by atoms with Crippen LogP contribution >= 0.6 is 0 Å². The topological polar surface area (TPSA) is 36.4 Å². The minimum atomic E-state index is -0.664. The predicted octanol–water partition coefficient (Wildman–Crippen LogP) is 1.69. The number of benzene rings is 1. The summed E-state index contributed by atoms with van der Waals surface area (Å²) in [6.45, 7) is 0.967. The van der Waals surface area contributed by atoms with Gasteiger partial charge >= 0.3 is 0 Å². The average Bonchev–Trinajstić information content (AvgIpc) is 2.24. The van der Waals surface area contributed by atoms with Gasteiger partial charge in [0.05, 0.1) is 6.10 Å². The largest absolute Gasteiger partial charge is 0.389 e. The third-order valence-corrected chi connectivity index (χ3v) is 2.94. The molecule has 0 amide bonds. The molecule has 5 heteroatoms. The smallest absolute Gasteiger partial charge is 0.152 e. The fraction of sp³-hybridized carbons (Fsp3) is 0.250. The van der Waals surface area contributed by atoms with Crippen molar-refractivity contribution in [2.45, 2.75) is 6.10 Å². The Morgan fingerprint density at radius 2 is 2.06 bits per heavy atom. The molecule has 0 spiro atoms. The van der Waals surface area contributed by atoms with Crippen molar-refractivity contribution in [3.63, 3.8) is 0 Å². The van der Waals surface area contributed by atoms with Crippen molar-refractivity contribution in [3.8, 4) is 0 Å². The molecule has 1 N–H and O–H groups in total. The second-order valence-corrected chi connectivity index (χ2v) is 4.17. The number of anilines is 1. The molecule has 0 bridgehead atoms. The number of aliphatic hydroxyl groups is 1. The summed E-state index contributed by atoms with van der Waals surface area (Å²) in [5, 5.41) is 9.70. The van der Waals surface area contributed by atoms with Crippen molar-refractivity contribution >= 4 is 16.6 Å². The van der Waals surface area contributed by atoms with Gasteiger partial charge in [-0.15, -0.1) is 0 Å². The summed E-state index contributed by atoms with van der Waals surface area (Å²) in [6.07, 6.45) is 1.13. The predicted molar refractivity (Wildman–Crippen MR) is 59.9 cm³/mol. The highest BCUT2D eigenvalue weighted by Crippen LogP contribution is 2.30. The lowest BCUT2D eigenvalue weighted by Gasteiger charge is -2.38. The van der Waals surface area contributed by atoms with Crippen molar-refractivity contribution in [1.29, 1.82) is 0 Å². The minimum Gasteiger partial charge on any atom is -0.389 e. The lowest BCUT2D eigenvalue weighted by Crippen LogP contribution is -2.50. The summed E-state index contributed by atoms with van der Waals surface area (Å²) in [5.41, 5.74) is 0.865. The Labute approximate surface area is 96.3 Å². The van der Waals surface area contributed by atoms with Crippen LogP contribution in [0.2, 0.25) is 0 Å². The summed E-state index contributed by atoms with van der Waals surface area (Å²) in [7, 11) is 0. The molecule has 0 unspecified atom stereocenters. The third-order valence-electron chi connectivity index (χ3n) is 2.94. The minimum absolute atomic E-state index is 0.158. The van der Waals surface area contributed by atoms with Gasteiger partial charge < -0.3 is 10.0 Å². The van der Waals surface area contributed by atoms with Gasteiger partial charge in [-0.3, -0.25) is 4.98 Å². The van der Waals surface area contributed by atoms with Crippen LogP contribution in [0, 0.1) is 11.6 Å². The Morgan fingerprint density at radius 3 is 2.76 bits per heavy atom. The molecular formula is C12H10F2N2O. The number of β-amino-alcohol motifs (C(OH)–C–C–N with tert-alkyl or cyclic N) is 1. The normalized spacial score (nSPS) is 16.3. The Hall–Kier alpha value is -1.75. The summed E-state index contributed by atoms with van der Waals surface area (Å²) in [6, 6.07) is 3.79. The van der Waals surface area contributed by atoms with E-state index in [0.29, 0.717) is 24.2 Å². The number of pyridine rings is 1. The molecule has 1 aromatic carbocycles. The first-order valence-corrected chi connectivity index (χ1v) is 5.32. The van der Waals surface area contributed by atoms with Crippen LogP contribution in [0.15, 0.2) is 24.4 Å². The quantitative estimate of drug-likeness (QED) is 0.818. The Morgan fingerprint density at radius 1 is 1.29 bits per heavy atom. The van der Waals surface area contributed by atoms with E-state index in [0.717, 1.165) is 6.07 Å². The van der Waals surface area contributed by atoms with E-state index < -0.39 is 11.6 Å². The van der Waals surface area contributed by atoms with Crippen LogP contribution in [0.25, 0.3) is 10.9 Å². The first kappa shape index (κ1) is 10.4. The van der Waals surface area contributed by atoms with Crippen LogP contribution in [0.1, 0.15) is 0 Å². The second-order valence-electron chi connectivity index (χ2n) is 4.17. The maximum Gasteiger partial charge on any atom is 0.152 e. The summed E-state index contributed by atoms with van der Waals surface area (Å²) in [4.78, 5) is 5.78. The highest BCUT2D eigenvalue weighted by atomic mass is 19.1. The summed E-state index contributed by atoms with van der Waals surface area (Å²) >= 11 is 0. The fourth-order valence-electron chi connectivity index (χ4n) is 2.09. The first-order valence-electron chi connectivity index (χ1n) is 5.32. The van der Waals surface area contributed by atoms with Crippen molar-refractivity contribution in [3.05, 3.63) is 36.0 Å². The van der Waals surface area contributed by atoms with Crippen LogP contribution in [0.3, 0.4) is 0 Å². The third kappa shape index (κ3) is 1.63. The van der Waals surface area contributed by atoms with Gasteiger partial charge in [-0.2, -0.15) is 0 Å². The Balaban J connectivity index is 2.18. The lowest BCUT2D eigenvalue weighted by molar-refractivity contribution is 0.142. The van der Waals surface area contributed by atoms with Gasteiger partial charge in [0, 0.05) is 36.4 Å². The molecule has 3 nitrogen and oxygen atoms in total. The molecule has 17 heavy (non-hydrogen) atoms. The molecular weight excluding hydrogens is 226 g/mol. The van der Waals surface area contributed by atoms with E-state index in [-0.39, 0.29) is 11.6 Å². The number of fused-ring (bicyclic) bond motifs is 1. The maximum absolute atomic E-state index is 13.5. The number of aliphatic hydroxyl groups excluding tert-OH is 1. The molecule has 1 aliphatic heterocycles. The number of nitrogens with zero attached hydrogens (tertiary/aromatic N) is 2. The van der Waals surface area contributed by atoms with Crippen LogP contribution < -0.4 is 4.90 Å². The molecule has 1 saturated heterocycles. The lowest BCUT2D eigenvalue weighted by atomic mass is 10.1. The molecule has 0 radical (unpaired) electrons. The van der Waals surface area contributed by atoms with Crippen molar-refractivity contribution < 1.29 is 13.9 Å². The maximum atomic E-state index is 13.5. The number of aromatic nitrogens is 1. The monoisotopic (exact) mass is 236 g/mol. The number of rotatable bonds is 1. The van der Waals surface area contributed by atoms with E-state index in [1.165, 1.54) is 12.3 Å². The Bertz CT molecular complexity index is 582. The van der Waals surface area contributed by atoms with E-state index >= 15 is 0 Å². The van der Waals surface area contributed by atoms with Crippen molar-refractivity contribution in [2.24, 2.45) is 0 Å². The molecule has 1 fully saturated rings. The van der Waals surface area contributed by atoms with Crippen LogP contribution in [-0.2, 0) is 0 Å². The number of hydrogen-bond acceptors (Lipinski definition) is 3. The van der Waals surface area contributed by atoms with Gasteiger partial charge in [0.2, 0.25) is 0 Å². The number of hydrogen-bond donors (Lipinski definition) is 1. The SMILES string of the molecule is OC1CN(c2ccnc3c(F)cc(F)cc23)C1. The highest BCUT2D eigenvalue weighted by Gasteiger charge is 2.26. The molecule has 3 rings (SSSR count). The van der Waals surface area contributed by atoms with E-state index in [4.69, 9.17) is 0 Å². The van der Waals surface area contributed by atoms with Gasteiger partial charge in [0.15, 0.2) is 5.82 Å². The van der Waals surface area contributed by atoms with Crippen LogP contribution in [0.4, 0.5) is 14.5 Å². The van der Waals surface area contributed by atoms with Gasteiger partial charge in [0.25, 0.3) is 0 Å². The van der Waals surface area contributed by atoms with Gasteiger partial charge in [-0.05, 0) is 12.1 Å². The molecule has 1 aliphatic rings. The Kier molecular flexibility index (Phi) is 2.22. The molecule has 2 heterocycles. The molecule has 0 atom stereocenters. The van der Waals surface area contributed by atoms with Gasteiger partial charge in [-0.25, -0.2) is 8.78 Å². The second kappa shape index (κ2) is 3.63.